The zero-order valence-corrected chi connectivity index (χ0v) is 11.7. The molecule has 0 saturated heterocycles. The lowest BCUT2D eigenvalue weighted by molar-refractivity contribution is 0.817. The van der Waals surface area contributed by atoms with Gasteiger partial charge in [-0.2, -0.15) is 0 Å². The molecule has 0 fully saturated rings. The number of rotatable bonds is 3. The number of aromatic nitrogens is 3. The summed E-state index contributed by atoms with van der Waals surface area (Å²) in [6.45, 7) is 8.11. The number of aryl methyl sites for hydroxylation is 2. The zero-order valence-electron chi connectivity index (χ0n) is 11.7. The topological polar surface area (TPSA) is 76.7 Å². The Morgan fingerprint density at radius 3 is 2.16 bits per heavy atom. The lowest BCUT2D eigenvalue weighted by Crippen LogP contribution is -2.11. The molecule has 0 unspecified atom stereocenters. The van der Waals surface area contributed by atoms with Crippen molar-refractivity contribution >= 4 is 5.82 Å². The number of pyridine rings is 1. The van der Waals surface area contributed by atoms with Crippen LogP contribution in [0.25, 0.3) is 11.4 Å². The van der Waals surface area contributed by atoms with E-state index in [4.69, 9.17) is 5.84 Å². The normalized spacial score (nSPS) is 10.8. The molecule has 0 aliphatic carbocycles. The molecule has 0 radical (unpaired) electrons. The summed E-state index contributed by atoms with van der Waals surface area (Å²) in [4.78, 5) is 13.4. The van der Waals surface area contributed by atoms with Crippen LogP contribution in [0.15, 0.2) is 18.2 Å². The van der Waals surface area contributed by atoms with Crippen LogP contribution >= 0.6 is 0 Å². The van der Waals surface area contributed by atoms with E-state index in [1.54, 1.807) is 0 Å². The fraction of sp³-hybridized carbons (Fsp3) is 0.357. The van der Waals surface area contributed by atoms with Crippen molar-refractivity contribution < 1.29 is 0 Å². The molecule has 0 aliphatic rings. The van der Waals surface area contributed by atoms with Crippen molar-refractivity contribution in [3.8, 4) is 11.4 Å². The van der Waals surface area contributed by atoms with Gasteiger partial charge in [0.2, 0.25) is 0 Å². The molecule has 0 aromatic carbocycles. The number of hydrogen-bond donors (Lipinski definition) is 2. The van der Waals surface area contributed by atoms with Crippen LogP contribution in [0.2, 0.25) is 0 Å². The van der Waals surface area contributed by atoms with Gasteiger partial charge in [-0.05, 0) is 31.9 Å². The van der Waals surface area contributed by atoms with E-state index < -0.39 is 0 Å². The highest BCUT2D eigenvalue weighted by molar-refractivity contribution is 5.58. The van der Waals surface area contributed by atoms with Gasteiger partial charge in [-0.1, -0.05) is 13.8 Å². The average Bonchev–Trinajstić information content (AvgIpc) is 2.37. The van der Waals surface area contributed by atoms with E-state index >= 15 is 0 Å². The summed E-state index contributed by atoms with van der Waals surface area (Å²) in [5.74, 6) is 7.09. The van der Waals surface area contributed by atoms with Crippen molar-refractivity contribution in [3.63, 3.8) is 0 Å². The molecule has 2 rings (SSSR count). The molecule has 3 N–H and O–H groups in total. The van der Waals surface area contributed by atoms with E-state index in [1.807, 2.05) is 32.0 Å². The van der Waals surface area contributed by atoms with E-state index in [9.17, 15) is 0 Å². The third kappa shape index (κ3) is 3.06. The summed E-state index contributed by atoms with van der Waals surface area (Å²) < 4.78 is 0. The second-order valence-corrected chi connectivity index (χ2v) is 4.94. The van der Waals surface area contributed by atoms with Crippen LogP contribution < -0.4 is 11.3 Å². The van der Waals surface area contributed by atoms with Crippen molar-refractivity contribution in [3.05, 3.63) is 35.3 Å². The smallest absolute Gasteiger partial charge is 0.161 e. The van der Waals surface area contributed by atoms with Crippen molar-refractivity contribution in [1.82, 2.24) is 15.0 Å². The first kappa shape index (κ1) is 13.4. The van der Waals surface area contributed by atoms with E-state index in [0.29, 0.717) is 17.6 Å². The summed E-state index contributed by atoms with van der Waals surface area (Å²) in [6, 6.07) is 5.83. The molecule has 0 bridgehead atoms. The van der Waals surface area contributed by atoms with Gasteiger partial charge in [0.15, 0.2) is 5.82 Å². The van der Waals surface area contributed by atoms with Gasteiger partial charge in [-0.3, -0.25) is 4.98 Å². The Morgan fingerprint density at radius 2 is 1.63 bits per heavy atom. The number of nitrogens with zero attached hydrogens (tertiary/aromatic N) is 3. The van der Waals surface area contributed by atoms with Gasteiger partial charge < -0.3 is 5.43 Å². The van der Waals surface area contributed by atoms with E-state index in [-0.39, 0.29) is 0 Å². The van der Waals surface area contributed by atoms with Crippen molar-refractivity contribution in [2.24, 2.45) is 5.84 Å². The molecule has 19 heavy (non-hydrogen) atoms. The molecule has 5 nitrogen and oxygen atoms in total. The molecule has 2 heterocycles. The van der Waals surface area contributed by atoms with E-state index in [2.05, 4.69) is 34.2 Å². The summed E-state index contributed by atoms with van der Waals surface area (Å²) in [7, 11) is 0. The molecule has 0 saturated carbocycles. The fourth-order valence-corrected chi connectivity index (χ4v) is 1.93. The number of nitrogen functional groups attached to an aromatic ring is 1. The van der Waals surface area contributed by atoms with Gasteiger partial charge in [0.1, 0.15) is 5.82 Å². The first-order valence-corrected chi connectivity index (χ1v) is 6.31. The molecular weight excluding hydrogens is 238 g/mol. The lowest BCUT2D eigenvalue weighted by atomic mass is 10.1. The molecule has 0 atom stereocenters. The van der Waals surface area contributed by atoms with Gasteiger partial charge in [-0.15, -0.1) is 0 Å². The Labute approximate surface area is 113 Å². The quantitative estimate of drug-likeness (QED) is 0.652. The fourth-order valence-electron chi connectivity index (χ4n) is 1.93. The largest absolute Gasteiger partial charge is 0.308 e. The summed E-state index contributed by atoms with van der Waals surface area (Å²) in [5, 5.41) is 0. The lowest BCUT2D eigenvalue weighted by Gasteiger charge is -2.10. The highest BCUT2D eigenvalue weighted by atomic mass is 15.3. The predicted octanol–water partition coefficient (Wildman–Crippen LogP) is 2.56. The third-order valence-corrected chi connectivity index (χ3v) is 2.83. The molecule has 0 spiro atoms. The Bertz CT molecular complexity index is 572. The monoisotopic (exact) mass is 257 g/mol. The van der Waals surface area contributed by atoms with Gasteiger partial charge in [0.05, 0.1) is 0 Å². The van der Waals surface area contributed by atoms with Crippen LogP contribution in [0.4, 0.5) is 5.82 Å². The average molecular weight is 257 g/mol. The molecule has 2 aromatic rings. The number of nitrogens with one attached hydrogen (secondary N) is 1. The van der Waals surface area contributed by atoms with E-state index in [1.165, 1.54) is 0 Å². The zero-order chi connectivity index (χ0) is 14.0. The predicted molar refractivity (Wildman–Crippen MR) is 76.6 cm³/mol. The first-order valence-electron chi connectivity index (χ1n) is 6.31. The minimum absolute atomic E-state index is 0.317. The summed E-state index contributed by atoms with van der Waals surface area (Å²) >= 11 is 0. The highest BCUT2D eigenvalue weighted by Crippen LogP contribution is 2.22. The SMILES string of the molecule is Cc1cc(-c2nc(NN)cc(C(C)C)n2)cc(C)n1. The maximum absolute atomic E-state index is 5.47. The minimum Gasteiger partial charge on any atom is -0.308 e. The second-order valence-electron chi connectivity index (χ2n) is 4.94. The summed E-state index contributed by atoms with van der Waals surface area (Å²) in [6.07, 6.45) is 0. The van der Waals surface area contributed by atoms with Crippen LogP contribution in [0.5, 0.6) is 0 Å². The van der Waals surface area contributed by atoms with Gasteiger partial charge in [0, 0.05) is 28.7 Å². The summed E-state index contributed by atoms with van der Waals surface area (Å²) in [5.41, 5.74) is 6.43. The maximum Gasteiger partial charge on any atom is 0.161 e. The van der Waals surface area contributed by atoms with Crippen LogP contribution in [-0.4, -0.2) is 15.0 Å². The molecular formula is C14H19N5. The maximum atomic E-state index is 5.47. The Balaban J connectivity index is 2.57. The Morgan fingerprint density at radius 1 is 1.00 bits per heavy atom. The van der Waals surface area contributed by atoms with Crippen LogP contribution in [0.1, 0.15) is 36.8 Å². The Kier molecular flexibility index (Phi) is 3.76. The Hall–Kier alpha value is -2.01. The highest BCUT2D eigenvalue weighted by Gasteiger charge is 2.10. The van der Waals surface area contributed by atoms with Crippen molar-refractivity contribution in [2.45, 2.75) is 33.6 Å². The molecule has 0 aliphatic heterocycles. The van der Waals surface area contributed by atoms with Crippen LogP contribution in [0.3, 0.4) is 0 Å². The van der Waals surface area contributed by atoms with Gasteiger partial charge >= 0.3 is 0 Å². The number of hydrogen-bond acceptors (Lipinski definition) is 5. The molecule has 100 valence electrons. The van der Waals surface area contributed by atoms with Crippen LogP contribution in [-0.2, 0) is 0 Å². The number of hydrazine groups is 1. The number of anilines is 1. The molecule has 2 aromatic heterocycles. The standard InChI is InChI=1S/C14H19N5/c1-8(2)12-7-13(19-15)18-14(17-12)11-5-9(3)16-10(4)6-11/h5-8H,15H2,1-4H3,(H,17,18,19). The van der Waals surface area contributed by atoms with Crippen LogP contribution in [0, 0.1) is 13.8 Å². The van der Waals surface area contributed by atoms with Gasteiger partial charge in [-0.25, -0.2) is 15.8 Å². The first-order chi connectivity index (χ1) is 8.99. The van der Waals surface area contributed by atoms with Crippen molar-refractivity contribution in [2.75, 3.05) is 5.43 Å². The van der Waals surface area contributed by atoms with Gasteiger partial charge in [0.25, 0.3) is 0 Å². The number of nitrogens with two attached hydrogens (primary N) is 1. The van der Waals surface area contributed by atoms with Crippen molar-refractivity contribution in [1.29, 1.82) is 0 Å². The third-order valence-electron chi connectivity index (χ3n) is 2.83. The minimum atomic E-state index is 0.317. The van der Waals surface area contributed by atoms with E-state index in [0.717, 1.165) is 22.6 Å². The molecule has 0 amide bonds. The second kappa shape index (κ2) is 5.32. The molecule has 5 heteroatoms.